The number of methoxy groups -OCH3 is 1. The van der Waals surface area contributed by atoms with Crippen molar-refractivity contribution in [3.8, 4) is 11.5 Å². The van der Waals surface area contributed by atoms with E-state index in [1.54, 1.807) is 18.3 Å². The zero-order chi connectivity index (χ0) is 14.8. The molecule has 0 atom stereocenters. The first kappa shape index (κ1) is 13.6. The van der Waals surface area contributed by atoms with Gasteiger partial charge in [-0.2, -0.15) is 5.10 Å². The number of fused-ring (bicyclic) bond motifs is 1. The molecule has 1 aromatic heterocycles. The third-order valence-electron chi connectivity index (χ3n) is 3.26. The number of nitrogens with zero attached hydrogens (tertiary/aromatic N) is 1. The minimum atomic E-state index is 0.0961. The van der Waals surface area contributed by atoms with Crippen LogP contribution in [0.3, 0.4) is 0 Å². The molecule has 1 heterocycles. The first-order chi connectivity index (χ1) is 10.2. The van der Waals surface area contributed by atoms with Crippen molar-refractivity contribution in [2.24, 2.45) is 0 Å². The van der Waals surface area contributed by atoms with Gasteiger partial charge in [0.1, 0.15) is 0 Å². The number of aromatic nitrogens is 2. The molecule has 0 aliphatic heterocycles. The van der Waals surface area contributed by atoms with Crippen molar-refractivity contribution in [3.05, 3.63) is 47.1 Å². The molecule has 0 bridgehead atoms. The van der Waals surface area contributed by atoms with Crippen LogP contribution in [0.5, 0.6) is 11.5 Å². The van der Waals surface area contributed by atoms with Crippen LogP contribution in [-0.4, -0.2) is 22.4 Å². The number of anilines is 1. The van der Waals surface area contributed by atoms with Crippen LogP contribution in [0.2, 0.25) is 5.02 Å². The van der Waals surface area contributed by atoms with Crippen molar-refractivity contribution in [2.45, 2.75) is 6.54 Å². The van der Waals surface area contributed by atoms with Crippen molar-refractivity contribution in [2.75, 3.05) is 12.4 Å². The molecular weight excluding hydrogens is 290 g/mol. The van der Waals surface area contributed by atoms with Crippen molar-refractivity contribution >= 4 is 28.2 Å². The van der Waals surface area contributed by atoms with Crippen LogP contribution in [0.25, 0.3) is 10.9 Å². The van der Waals surface area contributed by atoms with Crippen LogP contribution in [0.1, 0.15) is 5.56 Å². The monoisotopic (exact) mass is 303 g/mol. The Bertz CT molecular complexity index is 786. The Labute approximate surface area is 126 Å². The molecule has 3 rings (SSSR count). The van der Waals surface area contributed by atoms with Crippen molar-refractivity contribution < 1.29 is 9.84 Å². The first-order valence-electron chi connectivity index (χ1n) is 6.40. The Morgan fingerprint density at radius 2 is 2.19 bits per heavy atom. The van der Waals surface area contributed by atoms with Gasteiger partial charge in [-0.3, -0.25) is 5.10 Å². The van der Waals surface area contributed by atoms with Crippen LogP contribution >= 0.6 is 11.6 Å². The number of halogens is 1. The van der Waals surface area contributed by atoms with Gasteiger partial charge < -0.3 is 15.2 Å². The predicted molar refractivity (Wildman–Crippen MR) is 83.1 cm³/mol. The van der Waals surface area contributed by atoms with Crippen LogP contribution in [0.15, 0.2) is 36.5 Å². The number of phenolic OH excluding ortho intramolecular Hbond substituents is 1. The summed E-state index contributed by atoms with van der Waals surface area (Å²) in [4.78, 5) is 0. The van der Waals surface area contributed by atoms with Crippen molar-refractivity contribution in [1.82, 2.24) is 10.2 Å². The second-order valence-electron chi connectivity index (χ2n) is 4.64. The van der Waals surface area contributed by atoms with Gasteiger partial charge in [-0.15, -0.1) is 0 Å². The summed E-state index contributed by atoms with van der Waals surface area (Å²) in [6.07, 6.45) is 1.76. The first-order valence-corrected chi connectivity index (χ1v) is 6.77. The average molecular weight is 304 g/mol. The molecule has 0 amide bonds. The van der Waals surface area contributed by atoms with Gasteiger partial charge in [0.25, 0.3) is 0 Å². The number of hydrogen-bond donors (Lipinski definition) is 3. The number of aromatic hydroxyl groups is 1. The average Bonchev–Trinajstić information content (AvgIpc) is 2.95. The van der Waals surface area contributed by atoms with Crippen molar-refractivity contribution in [1.29, 1.82) is 0 Å². The van der Waals surface area contributed by atoms with E-state index < -0.39 is 0 Å². The molecule has 2 aromatic carbocycles. The normalized spacial score (nSPS) is 10.8. The third-order valence-corrected chi connectivity index (χ3v) is 3.48. The number of H-pyrrole nitrogens is 1. The van der Waals surface area contributed by atoms with Crippen LogP contribution < -0.4 is 10.1 Å². The minimum Gasteiger partial charge on any atom is -0.504 e. The number of phenols is 1. The minimum absolute atomic E-state index is 0.0961. The summed E-state index contributed by atoms with van der Waals surface area (Å²) >= 11 is 6.01. The van der Waals surface area contributed by atoms with E-state index in [0.717, 1.165) is 16.6 Å². The summed E-state index contributed by atoms with van der Waals surface area (Å²) in [6.45, 7) is 0.437. The molecule has 5 nitrogen and oxygen atoms in total. The van der Waals surface area contributed by atoms with Gasteiger partial charge in [-0.1, -0.05) is 11.6 Å². The van der Waals surface area contributed by atoms with E-state index in [-0.39, 0.29) is 5.75 Å². The Morgan fingerprint density at radius 1 is 1.33 bits per heavy atom. The molecule has 3 N–H and O–H groups in total. The summed E-state index contributed by atoms with van der Waals surface area (Å²) in [5.41, 5.74) is 2.58. The molecule has 3 aromatic rings. The lowest BCUT2D eigenvalue weighted by Gasteiger charge is -2.11. The van der Waals surface area contributed by atoms with Gasteiger partial charge in [0.2, 0.25) is 0 Å². The molecule has 6 heteroatoms. The second kappa shape index (κ2) is 5.54. The lowest BCUT2D eigenvalue weighted by Crippen LogP contribution is -2.00. The highest BCUT2D eigenvalue weighted by molar-refractivity contribution is 6.30. The molecule has 21 heavy (non-hydrogen) atoms. The summed E-state index contributed by atoms with van der Waals surface area (Å²) < 4.78 is 5.09. The molecule has 108 valence electrons. The number of aromatic amines is 1. The van der Waals surface area contributed by atoms with E-state index in [9.17, 15) is 5.11 Å². The van der Waals surface area contributed by atoms with Gasteiger partial charge >= 0.3 is 0 Å². The highest BCUT2D eigenvalue weighted by Crippen LogP contribution is 2.33. The standard InChI is InChI=1S/C15H14ClN3O2/c1-21-14-6-11(16)4-10(15(14)20)7-17-12-2-3-13-9(5-12)8-18-19-13/h2-6,8,17,20H,7H2,1H3,(H,18,19). The van der Waals surface area contributed by atoms with Gasteiger partial charge in [0.15, 0.2) is 11.5 Å². The number of nitrogens with one attached hydrogen (secondary N) is 2. The number of benzene rings is 2. The predicted octanol–water partition coefficient (Wildman–Crippen LogP) is 3.54. The summed E-state index contributed by atoms with van der Waals surface area (Å²) in [6, 6.07) is 9.17. The lowest BCUT2D eigenvalue weighted by molar-refractivity contribution is 0.371. The van der Waals surface area contributed by atoms with E-state index >= 15 is 0 Å². The number of hydrogen-bond acceptors (Lipinski definition) is 4. The summed E-state index contributed by atoms with van der Waals surface area (Å²) in [7, 11) is 1.50. The molecule has 0 saturated carbocycles. The third kappa shape index (κ3) is 2.73. The Morgan fingerprint density at radius 3 is 3.00 bits per heavy atom. The highest BCUT2D eigenvalue weighted by atomic mass is 35.5. The fraction of sp³-hybridized carbons (Fsp3) is 0.133. The Balaban J connectivity index is 1.82. The quantitative estimate of drug-likeness (QED) is 0.689. The molecule has 0 unspecified atom stereocenters. The molecule has 0 aliphatic rings. The second-order valence-corrected chi connectivity index (χ2v) is 5.08. The van der Waals surface area contributed by atoms with Gasteiger partial charge in [-0.05, 0) is 24.3 Å². The maximum Gasteiger partial charge on any atom is 0.162 e. The van der Waals surface area contributed by atoms with Crippen molar-refractivity contribution in [3.63, 3.8) is 0 Å². The molecule has 0 spiro atoms. The molecule has 0 fully saturated rings. The maximum atomic E-state index is 10.1. The Kier molecular flexibility index (Phi) is 3.58. The zero-order valence-corrected chi connectivity index (χ0v) is 12.1. The van der Waals surface area contributed by atoms with Crippen LogP contribution in [-0.2, 0) is 6.54 Å². The fourth-order valence-electron chi connectivity index (χ4n) is 2.17. The van der Waals surface area contributed by atoms with E-state index in [2.05, 4.69) is 15.5 Å². The smallest absolute Gasteiger partial charge is 0.162 e. The SMILES string of the molecule is COc1cc(Cl)cc(CNc2ccc3[nH]ncc3c2)c1O. The van der Waals surface area contributed by atoms with E-state index in [0.29, 0.717) is 22.9 Å². The maximum absolute atomic E-state index is 10.1. The molecular formula is C15H14ClN3O2. The largest absolute Gasteiger partial charge is 0.504 e. The van der Waals surface area contributed by atoms with E-state index in [1.807, 2.05) is 18.2 Å². The number of ether oxygens (including phenoxy) is 1. The summed E-state index contributed by atoms with van der Waals surface area (Å²) in [5, 5.41) is 21.8. The molecule has 0 aliphatic carbocycles. The van der Waals surface area contributed by atoms with Crippen LogP contribution in [0.4, 0.5) is 5.69 Å². The summed E-state index contributed by atoms with van der Waals surface area (Å²) in [5.74, 6) is 0.461. The zero-order valence-electron chi connectivity index (χ0n) is 11.4. The van der Waals surface area contributed by atoms with E-state index in [4.69, 9.17) is 16.3 Å². The van der Waals surface area contributed by atoms with Gasteiger partial charge in [-0.25, -0.2) is 0 Å². The van der Waals surface area contributed by atoms with Gasteiger partial charge in [0, 0.05) is 34.3 Å². The van der Waals surface area contributed by atoms with Crippen LogP contribution in [0, 0.1) is 0 Å². The fourth-order valence-corrected chi connectivity index (χ4v) is 2.40. The topological polar surface area (TPSA) is 70.2 Å². The molecule has 0 radical (unpaired) electrons. The highest BCUT2D eigenvalue weighted by Gasteiger charge is 2.10. The van der Waals surface area contributed by atoms with E-state index in [1.165, 1.54) is 7.11 Å². The Hall–Kier alpha value is -2.40. The lowest BCUT2D eigenvalue weighted by atomic mass is 10.1. The molecule has 0 saturated heterocycles. The number of rotatable bonds is 4. The van der Waals surface area contributed by atoms with Gasteiger partial charge in [0.05, 0.1) is 18.8 Å².